The SMILES string of the molecule is Cc1nccc(-c2nc(C)c(F)c(NN)n2)n1. The molecule has 2 rings (SSSR count). The molecule has 0 aromatic carbocycles. The highest BCUT2D eigenvalue weighted by molar-refractivity contribution is 5.52. The highest BCUT2D eigenvalue weighted by Gasteiger charge is 2.12. The number of halogens is 1. The van der Waals surface area contributed by atoms with Gasteiger partial charge in [0, 0.05) is 6.20 Å². The van der Waals surface area contributed by atoms with Gasteiger partial charge < -0.3 is 5.43 Å². The molecule has 0 atom stereocenters. The van der Waals surface area contributed by atoms with Gasteiger partial charge in [-0.3, -0.25) is 0 Å². The predicted octanol–water partition coefficient (Wildman–Crippen LogP) is 0.975. The van der Waals surface area contributed by atoms with Crippen molar-refractivity contribution >= 4 is 5.82 Å². The summed E-state index contributed by atoms with van der Waals surface area (Å²) in [5.41, 5.74) is 2.92. The molecule has 17 heavy (non-hydrogen) atoms. The third kappa shape index (κ3) is 2.18. The highest BCUT2D eigenvalue weighted by atomic mass is 19.1. The van der Waals surface area contributed by atoms with Crippen molar-refractivity contribution in [1.82, 2.24) is 19.9 Å². The molecule has 3 N–H and O–H groups in total. The molecule has 2 heterocycles. The Hall–Kier alpha value is -2.15. The van der Waals surface area contributed by atoms with Crippen LogP contribution in [0.1, 0.15) is 11.5 Å². The van der Waals surface area contributed by atoms with Crippen molar-refractivity contribution in [3.05, 3.63) is 29.6 Å². The van der Waals surface area contributed by atoms with Crippen molar-refractivity contribution in [2.45, 2.75) is 13.8 Å². The van der Waals surface area contributed by atoms with E-state index < -0.39 is 5.82 Å². The molecule has 0 radical (unpaired) electrons. The summed E-state index contributed by atoms with van der Waals surface area (Å²) in [7, 11) is 0. The van der Waals surface area contributed by atoms with E-state index in [0.717, 1.165) is 0 Å². The molecule has 0 aliphatic rings. The quantitative estimate of drug-likeness (QED) is 0.594. The third-order valence-electron chi connectivity index (χ3n) is 2.16. The molecule has 0 spiro atoms. The van der Waals surface area contributed by atoms with Gasteiger partial charge in [0.25, 0.3) is 0 Å². The molecular formula is C10H11FN6. The molecule has 0 fully saturated rings. The Morgan fingerprint density at radius 1 is 1.24 bits per heavy atom. The van der Waals surface area contributed by atoms with Gasteiger partial charge in [0.15, 0.2) is 17.5 Å². The maximum absolute atomic E-state index is 13.5. The van der Waals surface area contributed by atoms with Crippen LogP contribution in [-0.2, 0) is 0 Å². The number of nitrogen functional groups attached to an aromatic ring is 1. The molecule has 0 aliphatic heterocycles. The number of hydrazine groups is 1. The van der Waals surface area contributed by atoms with Crippen LogP contribution in [0.4, 0.5) is 10.2 Å². The van der Waals surface area contributed by atoms with Crippen molar-refractivity contribution in [1.29, 1.82) is 0 Å². The van der Waals surface area contributed by atoms with Gasteiger partial charge in [-0.2, -0.15) is 0 Å². The van der Waals surface area contributed by atoms with Crippen LogP contribution in [0.2, 0.25) is 0 Å². The standard InChI is InChI=1S/C10H11FN6/c1-5-8(11)10(17-12)16-9(14-5)7-3-4-13-6(2)15-7/h3-4H,12H2,1-2H3,(H,14,16,17). The first-order valence-corrected chi connectivity index (χ1v) is 4.92. The van der Waals surface area contributed by atoms with Crippen LogP contribution in [0.5, 0.6) is 0 Å². The molecule has 0 aliphatic carbocycles. The Labute approximate surface area is 97.1 Å². The number of rotatable bonds is 2. The van der Waals surface area contributed by atoms with Crippen molar-refractivity contribution in [3.63, 3.8) is 0 Å². The molecule has 0 saturated carbocycles. The third-order valence-corrected chi connectivity index (χ3v) is 2.16. The van der Waals surface area contributed by atoms with Crippen molar-refractivity contribution < 1.29 is 4.39 Å². The number of hydrogen-bond acceptors (Lipinski definition) is 6. The van der Waals surface area contributed by atoms with Gasteiger partial charge >= 0.3 is 0 Å². The van der Waals surface area contributed by atoms with Gasteiger partial charge in [0.1, 0.15) is 11.5 Å². The maximum atomic E-state index is 13.5. The summed E-state index contributed by atoms with van der Waals surface area (Å²) in [6.07, 6.45) is 1.59. The summed E-state index contributed by atoms with van der Waals surface area (Å²) in [5, 5.41) is 0. The van der Waals surface area contributed by atoms with Gasteiger partial charge in [-0.25, -0.2) is 30.2 Å². The Bertz CT molecular complexity index is 556. The molecule has 88 valence electrons. The van der Waals surface area contributed by atoms with E-state index in [1.807, 2.05) is 0 Å². The van der Waals surface area contributed by atoms with E-state index in [0.29, 0.717) is 17.3 Å². The van der Waals surface area contributed by atoms with Crippen LogP contribution < -0.4 is 11.3 Å². The molecule has 0 amide bonds. The lowest BCUT2D eigenvalue weighted by Crippen LogP contribution is -2.13. The normalized spacial score (nSPS) is 10.4. The van der Waals surface area contributed by atoms with Crippen LogP contribution in [0.15, 0.2) is 12.3 Å². The fourth-order valence-electron chi connectivity index (χ4n) is 1.35. The number of aromatic nitrogens is 4. The number of nitrogens with zero attached hydrogens (tertiary/aromatic N) is 4. The second kappa shape index (κ2) is 4.38. The van der Waals surface area contributed by atoms with Crippen LogP contribution in [0.3, 0.4) is 0 Å². The molecule has 2 aromatic heterocycles. The topological polar surface area (TPSA) is 89.6 Å². The number of anilines is 1. The minimum Gasteiger partial charge on any atom is -0.306 e. The van der Waals surface area contributed by atoms with E-state index in [1.54, 1.807) is 19.2 Å². The van der Waals surface area contributed by atoms with E-state index in [2.05, 4.69) is 25.4 Å². The van der Waals surface area contributed by atoms with Gasteiger partial charge in [0.05, 0.1) is 5.69 Å². The molecule has 2 aromatic rings. The van der Waals surface area contributed by atoms with Crippen molar-refractivity contribution in [3.8, 4) is 11.5 Å². The summed E-state index contributed by atoms with van der Waals surface area (Å²) < 4.78 is 13.5. The van der Waals surface area contributed by atoms with Crippen molar-refractivity contribution in [2.24, 2.45) is 5.84 Å². The Morgan fingerprint density at radius 2 is 2.00 bits per heavy atom. The van der Waals surface area contributed by atoms with Crippen LogP contribution in [0, 0.1) is 19.7 Å². The average molecular weight is 234 g/mol. The van der Waals surface area contributed by atoms with Gasteiger partial charge in [-0.05, 0) is 19.9 Å². The fourth-order valence-corrected chi connectivity index (χ4v) is 1.35. The first-order chi connectivity index (χ1) is 8.11. The lowest BCUT2D eigenvalue weighted by molar-refractivity contribution is 0.606. The highest BCUT2D eigenvalue weighted by Crippen LogP contribution is 2.18. The average Bonchev–Trinajstić information content (AvgIpc) is 2.32. The number of hydrogen-bond donors (Lipinski definition) is 2. The van der Waals surface area contributed by atoms with Crippen LogP contribution in [-0.4, -0.2) is 19.9 Å². The lowest BCUT2D eigenvalue weighted by atomic mass is 10.3. The monoisotopic (exact) mass is 234 g/mol. The number of aryl methyl sites for hydroxylation is 2. The summed E-state index contributed by atoms with van der Waals surface area (Å²) >= 11 is 0. The van der Waals surface area contributed by atoms with Crippen LogP contribution >= 0.6 is 0 Å². The van der Waals surface area contributed by atoms with Gasteiger partial charge in [0.2, 0.25) is 0 Å². The molecule has 7 heteroatoms. The first-order valence-electron chi connectivity index (χ1n) is 4.92. The largest absolute Gasteiger partial charge is 0.306 e. The molecule has 0 saturated heterocycles. The van der Waals surface area contributed by atoms with Gasteiger partial charge in [-0.15, -0.1) is 0 Å². The van der Waals surface area contributed by atoms with E-state index in [1.165, 1.54) is 6.92 Å². The number of nitrogens with two attached hydrogens (primary N) is 1. The molecular weight excluding hydrogens is 223 g/mol. The predicted molar refractivity (Wildman–Crippen MR) is 60.3 cm³/mol. The maximum Gasteiger partial charge on any atom is 0.187 e. The summed E-state index contributed by atoms with van der Waals surface area (Å²) in [6, 6.07) is 1.65. The lowest BCUT2D eigenvalue weighted by Gasteiger charge is -2.06. The second-order valence-electron chi connectivity index (χ2n) is 3.43. The first kappa shape index (κ1) is 11.3. The zero-order valence-corrected chi connectivity index (χ0v) is 9.40. The van der Waals surface area contributed by atoms with E-state index in [9.17, 15) is 4.39 Å². The zero-order chi connectivity index (χ0) is 12.4. The van der Waals surface area contributed by atoms with E-state index in [-0.39, 0.29) is 11.5 Å². The Morgan fingerprint density at radius 3 is 2.65 bits per heavy atom. The van der Waals surface area contributed by atoms with E-state index in [4.69, 9.17) is 5.84 Å². The second-order valence-corrected chi connectivity index (χ2v) is 3.43. The summed E-state index contributed by atoms with van der Waals surface area (Å²) in [5.74, 6) is 5.46. The summed E-state index contributed by atoms with van der Waals surface area (Å²) in [6.45, 7) is 3.29. The summed E-state index contributed by atoms with van der Waals surface area (Å²) in [4.78, 5) is 16.1. The van der Waals surface area contributed by atoms with E-state index >= 15 is 0 Å². The van der Waals surface area contributed by atoms with Gasteiger partial charge in [-0.1, -0.05) is 0 Å². The van der Waals surface area contributed by atoms with Crippen molar-refractivity contribution in [2.75, 3.05) is 5.43 Å². The Balaban J connectivity index is 2.56. The fraction of sp³-hybridized carbons (Fsp3) is 0.200. The minimum atomic E-state index is -0.568. The smallest absolute Gasteiger partial charge is 0.187 e. The van der Waals surface area contributed by atoms with Crippen LogP contribution in [0.25, 0.3) is 11.5 Å². The zero-order valence-electron chi connectivity index (χ0n) is 9.40. The molecule has 0 unspecified atom stereocenters. The Kier molecular flexibility index (Phi) is 2.92. The number of nitrogens with one attached hydrogen (secondary N) is 1. The molecule has 0 bridgehead atoms. The molecule has 6 nitrogen and oxygen atoms in total. The minimum absolute atomic E-state index is 0.0521.